The van der Waals surface area contributed by atoms with E-state index in [1.54, 1.807) is 31.3 Å². The molecule has 1 aromatic heterocycles. The van der Waals surface area contributed by atoms with E-state index >= 15 is 0 Å². The van der Waals surface area contributed by atoms with Crippen LogP contribution in [0.25, 0.3) is 11.4 Å². The van der Waals surface area contributed by atoms with Gasteiger partial charge in [-0.2, -0.15) is 4.98 Å². The normalized spacial score (nSPS) is 11.3. The van der Waals surface area contributed by atoms with Crippen molar-refractivity contribution in [3.05, 3.63) is 65.5 Å². The lowest BCUT2D eigenvalue weighted by atomic mass is 10.1. The fourth-order valence-corrected chi connectivity index (χ4v) is 3.33. The van der Waals surface area contributed by atoms with Gasteiger partial charge < -0.3 is 9.42 Å². The molecule has 0 saturated carbocycles. The molecule has 3 rings (SSSR count). The highest BCUT2D eigenvalue weighted by molar-refractivity contribution is 7.92. The minimum Gasteiger partial charge on any atom is -0.337 e. The van der Waals surface area contributed by atoms with E-state index in [2.05, 4.69) is 10.1 Å². The van der Waals surface area contributed by atoms with E-state index in [4.69, 9.17) is 4.52 Å². The molecule has 0 aliphatic rings. The third kappa shape index (κ3) is 4.62. The van der Waals surface area contributed by atoms with Crippen molar-refractivity contribution in [1.29, 1.82) is 0 Å². The molecule has 0 fully saturated rings. The molecule has 152 valence electrons. The van der Waals surface area contributed by atoms with E-state index in [-0.39, 0.29) is 23.9 Å². The van der Waals surface area contributed by atoms with Crippen LogP contribution in [0.2, 0.25) is 0 Å². The molecule has 1 heterocycles. The molecule has 0 aliphatic heterocycles. The van der Waals surface area contributed by atoms with Crippen LogP contribution >= 0.6 is 0 Å². The van der Waals surface area contributed by atoms with E-state index in [9.17, 15) is 13.2 Å². The molecule has 0 aliphatic carbocycles. The first-order valence-electron chi connectivity index (χ1n) is 8.85. The monoisotopic (exact) mass is 414 g/mol. The molecule has 0 unspecified atom stereocenters. The summed E-state index contributed by atoms with van der Waals surface area (Å²) in [6.45, 7) is 2.07. The Balaban J connectivity index is 1.81. The molecule has 3 aromatic rings. The Morgan fingerprint density at radius 1 is 1.10 bits per heavy atom. The summed E-state index contributed by atoms with van der Waals surface area (Å²) in [5.41, 5.74) is 2.47. The van der Waals surface area contributed by atoms with Crippen LogP contribution in [0.3, 0.4) is 0 Å². The van der Waals surface area contributed by atoms with Gasteiger partial charge in [-0.1, -0.05) is 41.1 Å². The molecule has 9 heteroatoms. The summed E-state index contributed by atoms with van der Waals surface area (Å²) in [5.74, 6) is 0.375. The number of hydrogen-bond acceptors (Lipinski definition) is 6. The van der Waals surface area contributed by atoms with E-state index in [0.29, 0.717) is 11.5 Å². The van der Waals surface area contributed by atoms with Crippen LogP contribution in [0.4, 0.5) is 5.69 Å². The first-order chi connectivity index (χ1) is 13.7. The average molecular weight is 414 g/mol. The zero-order chi connectivity index (χ0) is 21.2. The van der Waals surface area contributed by atoms with Gasteiger partial charge in [-0.25, -0.2) is 8.42 Å². The summed E-state index contributed by atoms with van der Waals surface area (Å²) in [7, 11) is -0.502. The van der Waals surface area contributed by atoms with Gasteiger partial charge in [-0.15, -0.1) is 0 Å². The second-order valence-corrected chi connectivity index (χ2v) is 8.80. The largest absolute Gasteiger partial charge is 0.337 e. The Labute approximate surface area is 169 Å². The van der Waals surface area contributed by atoms with Crippen molar-refractivity contribution >= 4 is 21.6 Å². The maximum atomic E-state index is 12.9. The van der Waals surface area contributed by atoms with E-state index in [1.165, 1.54) is 11.9 Å². The Kier molecular flexibility index (Phi) is 5.69. The number of rotatable bonds is 6. The van der Waals surface area contributed by atoms with E-state index in [0.717, 1.165) is 21.7 Å². The van der Waals surface area contributed by atoms with Crippen molar-refractivity contribution in [1.82, 2.24) is 15.0 Å². The molecule has 1 amide bonds. The first kappa shape index (κ1) is 20.5. The third-order valence-corrected chi connectivity index (χ3v) is 5.63. The number of nitrogens with zero attached hydrogens (tertiary/aromatic N) is 4. The molecule has 2 aromatic carbocycles. The molecule has 0 bridgehead atoms. The molecule has 0 spiro atoms. The average Bonchev–Trinajstić information content (AvgIpc) is 3.14. The van der Waals surface area contributed by atoms with Crippen molar-refractivity contribution in [3.63, 3.8) is 0 Å². The number of hydrogen-bond donors (Lipinski definition) is 0. The SMILES string of the molecule is Cc1cccc(-c2noc(CN(C)C(=O)c3ccccc3N(C)S(C)(=O)=O)n2)c1. The van der Waals surface area contributed by atoms with Gasteiger partial charge in [-0.05, 0) is 25.1 Å². The van der Waals surface area contributed by atoms with Crippen molar-refractivity contribution < 1.29 is 17.7 Å². The number of carbonyl (C=O) groups is 1. The van der Waals surface area contributed by atoms with Crippen LogP contribution < -0.4 is 4.31 Å². The quantitative estimate of drug-likeness (QED) is 0.615. The van der Waals surface area contributed by atoms with Gasteiger partial charge >= 0.3 is 0 Å². The van der Waals surface area contributed by atoms with Crippen LogP contribution in [-0.2, 0) is 16.6 Å². The summed E-state index contributed by atoms with van der Waals surface area (Å²) in [6, 6.07) is 14.2. The lowest BCUT2D eigenvalue weighted by Crippen LogP contribution is -2.31. The fourth-order valence-electron chi connectivity index (χ4n) is 2.81. The molecule has 0 N–H and O–H groups in total. The van der Waals surface area contributed by atoms with E-state index in [1.807, 2.05) is 31.2 Å². The van der Waals surface area contributed by atoms with Crippen molar-refractivity contribution in [2.45, 2.75) is 13.5 Å². The Hall–Kier alpha value is -3.20. The van der Waals surface area contributed by atoms with E-state index < -0.39 is 10.0 Å². The summed E-state index contributed by atoms with van der Waals surface area (Å²) in [6.07, 6.45) is 1.09. The van der Waals surface area contributed by atoms with Crippen molar-refractivity contribution in [3.8, 4) is 11.4 Å². The molecule has 29 heavy (non-hydrogen) atoms. The van der Waals surface area contributed by atoms with Gasteiger partial charge in [0, 0.05) is 19.7 Å². The van der Waals surface area contributed by atoms with Gasteiger partial charge in [0.1, 0.15) is 0 Å². The van der Waals surface area contributed by atoms with Crippen LogP contribution in [-0.4, -0.2) is 49.7 Å². The number of amides is 1. The van der Waals surface area contributed by atoms with Crippen LogP contribution in [0, 0.1) is 6.92 Å². The fraction of sp³-hybridized carbons (Fsp3) is 0.250. The predicted octanol–water partition coefficient (Wildman–Crippen LogP) is 2.71. The number of para-hydroxylation sites is 1. The molecule has 0 radical (unpaired) electrons. The summed E-state index contributed by atoms with van der Waals surface area (Å²) in [5, 5.41) is 3.98. The topological polar surface area (TPSA) is 96.6 Å². The summed E-state index contributed by atoms with van der Waals surface area (Å²) in [4.78, 5) is 18.7. The number of anilines is 1. The van der Waals surface area contributed by atoms with Crippen LogP contribution in [0.15, 0.2) is 53.1 Å². The minimum absolute atomic E-state index is 0.0918. The maximum absolute atomic E-state index is 12.9. The lowest BCUT2D eigenvalue weighted by molar-refractivity contribution is 0.0770. The molecular weight excluding hydrogens is 392 g/mol. The standard InChI is InChI=1S/C20H22N4O4S/c1-14-8-7-9-15(12-14)19-21-18(28-22-19)13-23(2)20(25)16-10-5-6-11-17(16)24(3)29(4,26)27/h5-12H,13H2,1-4H3. The smallest absolute Gasteiger partial charge is 0.256 e. The Morgan fingerprint density at radius 3 is 2.52 bits per heavy atom. The maximum Gasteiger partial charge on any atom is 0.256 e. The Morgan fingerprint density at radius 2 is 1.83 bits per heavy atom. The summed E-state index contributed by atoms with van der Waals surface area (Å²) < 4.78 is 30.2. The molecular formula is C20H22N4O4S. The number of aryl methyl sites for hydroxylation is 1. The third-order valence-electron chi connectivity index (χ3n) is 4.43. The van der Waals surface area contributed by atoms with Gasteiger partial charge in [0.25, 0.3) is 5.91 Å². The zero-order valence-electron chi connectivity index (χ0n) is 16.7. The molecule has 0 saturated heterocycles. The van der Waals surface area contributed by atoms with Gasteiger partial charge in [-0.3, -0.25) is 9.10 Å². The minimum atomic E-state index is -3.51. The molecule has 0 atom stereocenters. The highest BCUT2D eigenvalue weighted by Gasteiger charge is 2.23. The predicted molar refractivity (Wildman–Crippen MR) is 110 cm³/mol. The highest BCUT2D eigenvalue weighted by atomic mass is 32.2. The zero-order valence-corrected chi connectivity index (χ0v) is 17.5. The van der Waals surface area contributed by atoms with Crippen molar-refractivity contribution in [2.75, 3.05) is 24.7 Å². The van der Waals surface area contributed by atoms with Gasteiger partial charge in [0.2, 0.25) is 21.7 Å². The number of benzene rings is 2. The highest BCUT2D eigenvalue weighted by Crippen LogP contribution is 2.23. The van der Waals surface area contributed by atoms with Crippen LogP contribution in [0.5, 0.6) is 0 Å². The number of carbonyl (C=O) groups excluding carboxylic acids is 1. The van der Waals surface area contributed by atoms with Gasteiger partial charge in [0.05, 0.1) is 24.1 Å². The molecule has 8 nitrogen and oxygen atoms in total. The second kappa shape index (κ2) is 8.04. The summed E-state index contributed by atoms with van der Waals surface area (Å²) >= 11 is 0. The lowest BCUT2D eigenvalue weighted by Gasteiger charge is -2.22. The second-order valence-electron chi connectivity index (χ2n) is 6.79. The number of sulfonamides is 1. The number of aromatic nitrogens is 2. The Bertz CT molecular complexity index is 1140. The van der Waals surface area contributed by atoms with Gasteiger partial charge in [0.15, 0.2) is 0 Å². The van der Waals surface area contributed by atoms with Crippen LogP contribution in [0.1, 0.15) is 21.8 Å². The first-order valence-corrected chi connectivity index (χ1v) is 10.7. The van der Waals surface area contributed by atoms with Crippen molar-refractivity contribution in [2.24, 2.45) is 0 Å².